The Morgan fingerprint density at radius 1 is 1.10 bits per heavy atom. The van der Waals surface area contributed by atoms with Crippen molar-refractivity contribution in [3.8, 4) is 11.3 Å². The Morgan fingerprint density at radius 3 is 2.62 bits per heavy atom. The number of aliphatic imine (C=N–C) groups is 1. The molecule has 4 rings (SSSR count). The Morgan fingerprint density at radius 2 is 1.90 bits per heavy atom. The largest absolute Gasteiger partial charge is 0.356 e. The Hall–Kier alpha value is -2.66. The molecule has 0 radical (unpaired) electrons. The van der Waals surface area contributed by atoms with Crippen LogP contribution in [0.5, 0.6) is 0 Å². The van der Waals surface area contributed by atoms with E-state index < -0.39 is 0 Å². The molecule has 0 bridgehead atoms. The fraction of sp³-hybridized carbons (Fsp3) is 0.333. The first-order chi connectivity index (χ1) is 14.0. The van der Waals surface area contributed by atoms with Crippen molar-refractivity contribution in [3.63, 3.8) is 0 Å². The van der Waals surface area contributed by atoms with Gasteiger partial charge in [-0.1, -0.05) is 42.8 Å². The molecule has 1 aliphatic rings. The third kappa shape index (κ3) is 4.67. The smallest absolute Gasteiger partial charge is 0.195 e. The predicted molar refractivity (Wildman–Crippen MR) is 124 cm³/mol. The third-order valence-electron chi connectivity index (χ3n) is 5.36. The molecule has 29 heavy (non-hydrogen) atoms. The number of thiazole rings is 1. The Bertz CT molecular complexity index is 1030. The Kier molecular flexibility index (Phi) is 5.67. The Labute approximate surface area is 177 Å². The van der Waals surface area contributed by atoms with Crippen molar-refractivity contribution in [3.05, 3.63) is 69.0 Å². The summed E-state index contributed by atoms with van der Waals surface area (Å²) in [6.07, 6.45) is 0.861. The first-order valence-corrected chi connectivity index (χ1v) is 11.0. The normalized spacial score (nSPS) is 16.3. The molecule has 1 aromatic heterocycles. The van der Waals surface area contributed by atoms with E-state index in [-0.39, 0.29) is 0 Å². The van der Waals surface area contributed by atoms with Gasteiger partial charge >= 0.3 is 0 Å². The fourth-order valence-electron chi connectivity index (χ4n) is 3.46. The maximum absolute atomic E-state index is 4.87. The molecule has 0 amide bonds. The molecule has 5 heteroatoms. The van der Waals surface area contributed by atoms with Crippen LogP contribution in [0.15, 0.2) is 46.8 Å². The van der Waals surface area contributed by atoms with Crippen LogP contribution in [-0.2, 0) is 6.42 Å². The molecular formula is C24H28N4S. The van der Waals surface area contributed by atoms with Crippen LogP contribution < -0.4 is 10.6 Å². The molecule has 0 fully saturated rings. The highest BCUT2D eigenvalue weighted by atomic mass is 32.1. The number of benzene rings is 2. The fourth-order valence-corrected chi connectivity index (χ4v) is 4.29. The monoisotopic (exact) mass is 404 g/mol. The lowest BCUT2D eigenvalue weighted by molar-refractivity contribution is 0.553. The number of guanidine groups is 1. The average Bonchev–Trinajstić information content (AvgIpc) is 3.16. The van der Waals surface area contributed by atoms with Gasteiger partial charge in [0.05, 0.1) is 10.7 Å². The summed E-state index contributed by atoms with van der Waals surface area (Å²) in [5.74, 6) is 1.47. The second-order valence-corrected chi connectivity index (χ2v) is 9.01. The van der Waals surface area contributed by atoms with Crippen molar-refractivity contribution in [1.82, 2.24) is 10.3 Å². The standard InChI is InChI=1S/C24H28N4S/c1-15-5-7-19(8-6-15)22-14-29-23(27-22)11-20-9-18(4)21(10-17(20)3)28-24-25-12-16(2)13-26-24/h5-10,14,16H,11-13H2,1-4H3,(H2,25,26,28). The highest BCUT2D eigenvalue weighted by Gasteiger charge is 2.13. The highest BCUT2D eigenvalue weighted by Crippen LogP contribution is 2.27. The number of aryl methyl sites for hydroxylation is 3. The van der Waals surface area contributed by atoms with E-state index >= 15 is 0 Å². The molecule has 4 nitrogen and oxygen atoms in total. The zero-order chi connectivity index (χ0) is 20.4. The number of rotatable bonds is 4. The lowest BCUT2D eigenvalue weighted by Gasteiger charge is -2.22. The van der Waals surface area contributed by atoms with Gasteiger partial charge in [-0.25, -0.2) is 4.98 Å². The van der Waals surface area contributed by atoms with Gasteiger partial charge in [0.2, 0.25) is 0 Å². The molecule has 1 atom stereocenters. The lowest BCUT2D eigenvalue weighted by atomic mass is 10.0. The number of hydrogen-bond acceptors (Lipinski definition) is 5. The van der Waals surface area contributed by atoms with Gasteiger partial charge in [0.1, 0.15) is 0 Å². The van der Waals surface area contributed by atoms with E-state index in [0.29, 0.717) is 5.92 Å². The lowest BCUT2D eigenvalue weighted by Crippen LogP contribution is -2.39. The maximum atomic E-state index is 4.87. The zero-order valence-corrected chi connectivity index (χ0v) is 18.4. The summed E-state index contributed by atoms with van der Waals surface area (Å²) in [4.78, 5) is 9.46. The van der Waals surface area contributed by atoms with Gasteiger partial charge in [-0.15, -0.1) is 11.3 Å². The van der Waals surface area contributed by atoms with Crippen LogP contribution in [0.1, 0.15) is 34.2 Å². The quantitative estimate of drug-likeness (QED) is 0.618. The second-order valence-electron chi connectivity index (χ2n) is 8.06. The summed E-state index contributed by atoms with van der Waals surface area (Å²) in [7, 11) is 0. The predicted octanol–water partition coefficient (Wildman–Crippen LogP) is 5.33. The van der Waals surface area contributed by atoms with Gasteiger partial charge in [-0.3, -0.25) is 4.99 Å². The van der Waals surface area contributed by atoms with Gasteiger partial charge in [-0.05, 0) is 49.4 Å². The van der Waals surface area contributed by atoms with Crippen LogP contribution in [-0.4, -0.2) is 24.0 Å². The molecule has 0 aliphatic carbocycles. The van der Waals surface area contributed by atoms with Crippen molar-refractivity contribution < 1.29 is 0 Å². The van der Waals surface area contributed by atoms with E-state index in [2.05, 4.69) is 85.1 Å². The van der Waals surface area contributed by atoms with Crippen LogP contribution in [0.2, 0.25) is 0 Å². The van der Waals surface area contributed by atoms with E-state index in [1.54, 1.807) is 11.3 Å². The van der Waals surface area contributed by atoms with Crippen LogP contribution in [0, 0.1) is 26.7 Å². The molecule has 1 unspecified atom stereocenters. The number of nitrogens with one attached hydrogen (secondary N) is 2. The molecule has 2 aromatic carbocycles. The molecular weight excluding hydrogens is 376 g/mol. The summed E-state index contributed by atoms with van der Waals surface area (Å²) in [5.41, 5.74) is 8.46. The maximum Gasteiger partial charge on any atom is 0.195 e. The molecule has 3 aromatic rings. The van der Waals surface area contributed by atoms with Crippen LogP contribution in [0.25, 0.3) is 11.3 Å². The van der Waals surface area contributed by atoms with Crippen molar-refractivity contribution in [2.45, 2.75) is 34.1 Å². The molecule has 2 N–H and O–H groups in total. The van der Waals surface area contributed by atoms with Crippen LogP contribution in [0.4, 0.5) is 5.69 Å². The molecule has 150 valence electrons. The molecule has 1 aliphatic heterocycles. The van der Waals surface area contributed by atoms with E-state index in [1.165, 1.54) is 27.8 Å². The third-order valence-corrected chi connectivity index (χ3v) is 6.20. The van der Waals surface area contributed by atoms with Crippen LogP contribution >= 0.6 is 11.3 Å². The minimum absolute atomic E-state index is 0.592. The molecule has 0 saturated heterocycles. The minimum Gasteiger partial charge on any atom is -0.356 e. The topological polar surface area (TPSA) is 49.3 Å². The summed E-state index contributed by atoms with van der Waals surface area (Å²) < 4.78 is 0. The summed E-state index contributed by atoms with van der Waals surface area (Å²) in [6, 6.07) is 13.1. The molecule has 0 spiro atoms. The van der Waals surface area contributed by atoms with Crippen molar-refractivity contribution >= 4 is 23.0 Å². The van der Waals surface area contributed by atoms with E-state index in [1.807, 2.05) is 0 Å². The van der Waals surface area contributed by atoms with Gasteiger partial charge in [0, 0.05) is 36.1 Å². The number of nitrogens with zero attached hydrogens (tertiary/aromatic N) is 2. The number of aromatic nitrogens is 1. The van der Waals surface area contributed by atoms with E-state index in [9.17, 15) is 0 Å². The first-order valence-electron chi connectivity index (χ1n) is 10.1. The zero-order valence-electron chi connectivity index (χ0n) is 17.5. The van der Waals surface area contributed by atoms with Gasteiger partial charge < -0.3 is 10.6 Å². The highest BCUT2D eigenvalue weighted by molar-refractivity contribution is 7.10. The van der Waals surface area contributed by atoms with Crippen LogP contribution in [0.3, 0.4) is 0 Å². The molecule has 0 saturated carbocycles. The number of hydrogen-bond donors (Lipinski definition) is 2. The SMILES string of the molecule is Cc1ccc(-c2csc(Cc3cc(C)c(NC4=NCC(C)CN4)cc3C)n2)cc1. The minimum atomic E-state index is 0.592. The van der Waals surface area contributed by atoms with E-state index in [4.69, 9.17) is 4.98 Å². The molecule has 2 heterocycles. The summed E-state index contributed by atoms with van der Waals surface area (Å²) in [6.45, 7) is 10.5. The Balaban J connectivity index is 1.49. The second kappa shape index (κ2) is 8.37. The van der Waals surface area contributed by atoms with Gasteiger partial charge in [0.15, 0.2) is 5.96 Å². The van der Waals surface area contributed by atoms with Gasteiger partial charge in [0.25, 0.3) is 0 Å². The average molecular weight is 405 g/mol. The first kappa shape index (κ1) is 19.6. The summed E-state index contributed by atoms with van der Waals surface area (Å²) >= 11 is 1.73. The van der Waals surface area contributed by atoms with Crippen molar-refractivity contribution in [2.75, 3.05) is 18.4 Å². The number of anilines is 1. The summed E-state index contributed by atoms with van der Waals surface area (Å²) in [5, 5.41) is 10.1. The van der Waals surface area contributed by atoms with Crippen molar-refractivity contribution in [2.24, 2.45) is 10.9 Å². The van der Waals surface area contributed by atoms with E-state index in [0.717, 1.165) is 41.9 Å². The van der Waals surface area contributed by atoms with Crippen molar-refractivity contribution in [1.29, 1.82) is 0 Å². The van der Waals surface area contributed by atoms with Gasteiger partial charge in [-0.2, -0.15) is 0 Å².